The van der Waals surface area contributed by atoms with E-state index in [-0.39, 0.29) is 0 Å². The van der Waals surface area contributed by atoms with E-state index in [4.69, 9.17) is 14.2 Å². The van der Waals surface area contributed by atoms with Crippen LogP contribution in [0.15, 0.2) is 23.2 Å². The van der Waals surface area contributed by atoms with Gasteiger partial charge in [-0.05, 0) is 50.3 Å². The van der Waals surface area contributed by atoms with Gasteiger partial charge in [0.1, 0.15) is 0 Å². The predicted molar refractivity (Wildman–Crippen MR) is 101 cm³/mol. The van der Waals surface area contributed by atoms with Crippen LogP contribution in [-0.2, 0) is 11.2 Å². The van der Waals surface area contributed by atoms with E-state index in [0.29, 0.717) is 6.10 Å². The zero-order valence-electron chi connectivity index (χ0n) is 15.6. The Balaban J connectivity index is 1.79. The van der Waals surface area contributed by atoms with Gasteiger partial charge in [0.05, 0.1) is 20.3 Å². The van der Waals surface area contributed by atoms with E-state index in [2.05, 4.69) is 28.6 Å². The Morgan fingerprint density at radius 2 is 2.08 bits per heavy atom. The first-order valence-corrected chi connectivity index (χ1v) is 9.11. The highest BCUT2D eigenvalue weighted by molar-refractivity contribution is 5.79. The van der Waals surface area contributed by atoms with Gasteiger partial charge in [0.15, 0.2) is 17.5 Å². The Morgan fingerprint density at radius 1 is 1.24 bits per heavy atom. The smallest absolute Gasteiger partial charge is 0.191 e. The van der Waals surface area contributed by atoms with Gasteiger partial charge in [-0.2, -0.15) is 0 Å². The minimum Gasteiger partial charge on any atom is -0.493 e. The highest BCUT2D eigenvalue weighted by Gasteiger charge is 2.14. The Morgan fingerprint density at radius 3 is 2.76 bits per heavy atom. The van der Waals surface area contributed by atoms with E-state index in [1.54, 1.807) is 14.2 Å². The second-order valence-electron chi connectivity index (χ2n) is 6.05. The molecular formula is C19H31N3O3. The van der Waals surface area contributed by atoms with E-state index in [0.717, 1.165) is 56.5 Å². The molecule has 1 atom stereocenters. The molecule has 140 valence electrons. The molecule has 2 rings (SSSR count). The van der Waals surface area contributed by atoms with Gasteiger partial charge in [-0.3, -0.25) is 4.99 Å². The standard InChI is InChI=1S/C19H31N3O3/c1-4-20-19(22-12-10-16-6-5-13-25-16)21-11-9-15-7-8-17(23-2)18(14-15)24-3/h7-8,14,16H,4-6,9-13H2,1-3H3,(H2,20,21,22). The molecule has 25 heavy (non-hydrogen) atoms. The van der Waals surface area contributed by atoms with Crippen LogP contribution in [-0.4, -0.2) is 52.5 Å². The first kappa shape index (κ1) is 19.4. The highest BCUT2D eigenvalue weighted by Crippen LogP contribution is 2.27. The molecule has 0 bridgehead atoms. The van der Waals surface area contributed by atoms with Crippen molar-refractivity contribution in [2.24, 2.45) is 4.99 Å². The summed E-state index contributed by atoms with van der Waals surface area (Å²) in [5.74, 6) is 2.38. The lowest BCUT2D eigenvalue weighted by molar-refractivity contribution is 0.106. The molecule has 1 aromatic carbocycles. The monoisotopic (exact) mass is 349 g/mol. The molecule has 6 heteroatoms. The van der Waals surface area contributed by atoms with Gasteiger partial charge in [0, 0.05) is 26.2 Å². The molecule has 0 amide bonds. The number of ether oxygens (including phenoxy) is 3. The van der Waals surface area contributed by atoms with Gasteiger partial charge in [-0.15, -0.1) is 0 Å². The van der Waals surface area contributed by atoms with Gasteiger partial charge in [-0.25, -0.2) is 0 Å². The molecule has 0 radical (unpaired) electrons. The van der Waals surface area contributed by atoms with Crippen LogP contribution in [0.2, 0.25) is 0 Å². The van der Waals surface area contributed by atoms with Crippen LogP contribution in [0.4, 0.5) is 0 Å². The Bertz CT molecular complexity index is 543. The molecule has 1 aliphatic rings. The van der Waals surface area contributed by atoms with Crippen molar-refractivity contribution in [2.45, 2.75) is 38.7 Å². The van der Waals surface area contributed by atoms with Crippen molar-refractivity contribution in [1.29, 1.82) is 0 Å². The summed E-state index contributed by atoms with van der Waals surface area (Å²) >= 11 is 0. The van der Waals surface area contributed by atoms with Crippen molar-refractivity contribution in [3.05, 3.63) is 23.8 Å². The van der Waals surface area contributed by atoms with Gasteiger partial charge in [-0.1, -0.05) is 6.07 Å². The molecule has 0 aromatic heterocycles. The van der Waals surface area contributed by atoms with Crippen molar-refractivity contribution in [2.75, 3.05) is 40.5 Å². The molecule has 2 N–H and O–H groups in total. The maximum Gasteiger partial charge on any atom is 0.191 e. The fraction of sp³-hybridized carbons (Fsp3) is 0.632. The Labute approximate surface area is 151 Å². The molecular weight excluding hydrogens is 318 g/mol. The predicted octanol–water partition coefficient (Wildman–Crippen LogP) is 2.37. The van der Waals surface area contributed by atoms with Crippen LogP contribution in [0.25, 0.3) is 0 Å². The minimum atomic E-state index is 0.387. The van der Waals surface area contributed by atoms with Crippen LogP contribution in [0.3, 0.4) is 0 Å². The molecule has 1 aliphatic heterocycles. The topological polar surface area (TPSA) is 64.1 Å². The van der Waals surface area contributed by atoms with Crippen LogP contribution in [0.5, 0.6) is 11.5 Å². The van der Waals surface area contributed by atoms with E-state index in [9.17, 15) is 0 Å². The number of aliphatic imine (C=N–C) groups is 1. The van der Waals surface area contributed by atoms with Crippen LogP contribution in [0, 0.1) is 0 Å². The Hall–Kier alpha value is -1.95. The van der Waals surface area contributed by atoms with Gasteiger partial charge in [0.25, 0.3) is 0 Å². The van der Waals surface area contributed by atoms with Gasteiger partial charge >= 0.3 is 0 Å². The largest absolute Gasteiger partial charge is 0.493 e. The number of benzene rings is 1. The first-order valence-electron chi connectivity index (χ1n) is 9.11. The maximum atomic E-state index is 5.64. The number of hydrogen-bond acceptors (Lipinski definition) is 4. The summed E-state index contributed by atoms with van der Waals surface area (Å²) in [5, 5.41) is 6.68. The van der Waals surface area contributed by atoms with Gasteiger partial charge in [0.2, 0.25) is 0 Å². The van der Waals surface area contributed by atoms with Crippen molar-refractivity contribution in [3.8, 4) is 11.5 Å². The third kappa shape index (κ3) is 6.46. The number of hydrogen-bond donors (Lipinski definition) is 2. The number of nitrogens with one attached hydrogen (secondary N) is 2. The van der Waals surface area contributed by atoms with Gasteiger partial charge < -0.3 is 24.8 Å². The van der Waals surface area contributed by atoms with Crippen LogP contribution in [0.1, 0.15) is 31.7 Å². The minimum absolute atomic E-state index is 0.387. The first-order chi connectivity index (χ1) is 12.3. The molecule has 1 unspecified atom stereocenters. The summed E-state index contributed by atoms with van der Waals surface area (Å²) in [6.07, 6.45) is 4.61. The van der Waals surface area contributed by atoms with Crippen molar-refractivity contribution in [3.63, 3.8) is 0 Å². The quantitative estimate of drug-likeness (QED) is 0.529. The summed E-state index contributed by atoms with van der Waals surface area (Å²) < 4.78 is 16.3. The summed E-state index contributed by atoms with van der Waals surface area (Å²) in [5.41, 5.74) is 1.19. The van der Waals surface area contributed by atoms with Crippen molar-refractivity contribution < 1.29 is 14.2 Å². The highest BCUT2D eigenvalue weighted by atomic mass is 16.5. The third-order valence-electron chi connectivity index (χ3n) is 4.24. The molecule has 0 spiro atoms. The molecule has 1 heterocycles. The summed E-state index contributed by atoms with van der Waals surface area (Å²) in [6.45, 7) is 5.42. The van der Waals surface area contributed by atoms with Crippen molar-refractivity contribution >= 4 is 5.96 Å². The fourth-order valence-electron chi connectivity index (χ4n) is 2.90. The van der Waals surface area contributed by atoms with E-state index in [1.165, 1.54) is 18.4 Å². The summed E-state index contributed by atoms with van der Waals surface area (Å²) in [6, 6.07) is 6.02. The Kier molecular flexibility index (Phi) is 8.39. The van der Waals surface area contributed by atoms with Crippen LogP contribution < -0.4 is 20.1 Å². The van der Waals surface area contributed by atoms with Crippen molar-refractivity contribution in [1.82, 2.24) is 10.6 Å². The SMILES string of the molecule is CCNC(=NCCC1CCCO1)NCCc1ccc(OC)c(OC)c1. The maximum absolute atomic E-state index is 5.64. The van der Waals surface area contributed by atoms with Crippen LogP contribution >= 0.6 is 0 Å². The second kappa shape index (κ2) is 10.8. The molecule has 1 fully saturated rings. The number of methoxy groups -OCH3 is 2. The number of rotatable bonds is 9. The van der Waals surface area contributed by atoms with E-state index >= 15 is 0 Å². The lowest BCUT2D eigenvalue weighted by Gasteiger charge is -2.13. The summed E-state index contributed by atoms with van der Waals surface area (Å²) in [4.78, 5) is 4.64. The lowest BCUT2D eigenvalue weighted by Crippen LogP contribution is -2.38. The zero-order valence-corrected chi connectivity index (χ0v) is 15.6. The number of nitrogens with zero attached hydrogens (tertiary/aromatic N) is 1. The third-order valence-corrected chi connectivity index (χ3v) is 4.24. The van der Waals surface area contributed by atoms with E-state index in [1.807, 2.05) is 12.1 Å². The molecule has 0 saturated carbocycles. The van der Waals surface area contributed by atoms with E-state index < -0.39 is 0 Å². The molecule has 0 aliphatic carbocycles. The molecule has 1 aromatic rings. The second-order valence-corrected chi connectivity index (χ2v) is 6.05. The summed E-state index contributed by atoms with van der Waals surface area (Å²) in [7, 11) is 3.30. The average molecular weight is 349 g/mol. The zero-order chi connectivity index (χ0) is 17.9. The average Bonchev–Trinajstić information content (AvgIpc) is 3.15. The number of guanidine groups is 1. The molecule has 6 nitrogen and oxygen atoms in total. The lowest BCUT2D eigenvalue weighted by atomic mass is 10.1. The fourth-order valence-corrected chi connectivity index (χ4v) is 2.90. The normalized spacial score (nSPS) is 17.4. The molecule has 1 saturated heterocycles.